The Labute approximate surface area is 164 Å². The van der Waals surface area contributed by atoms with Gasteiger partial charge in [-0.2, -0.15) is 0 Å². The van der Waals surface area contributed by atoms with Gasteiger partial charge in [-0.3, -0.25) is 0 Å². The number of esters is 2. The zero-order chi connectivity index (χ0) is 20.1. The molecule has 28 heavy (non-hydrogen) atoms. The van der Waals surface area contributed by atoms with Gasteiger partial charge in [-0.25, -0.2) is 9.59 Å². The lowest BCUT2D eigenvalue weighted by Gasteiger charge is -2.23. The highest BCUT2D eigenvalue weighted by atomic mass is 16.5. The van der Waals surface area contributed by atoms with E-state index >= 15 is 0 Å². The molecule has 0 saturated heterocycles. The van der Waals surface area contributed by atoms with Crippen LogP contribution in [0.4, 0.5) is 5.69 Å². The minimum Gasteiger partial charge on any atom is -0.465 e. The molecule has 1 heterocycles. The number of anilines is 1. The van der Waals surface area contributed by atoms with Crippen molar-refractivity contribution in [2.24, 2.45) is 0 Å². The van der Waals surface area contributed by atoms with Crippen LogP contribution in [-0.4, -0.2) is 26.2 Å². The lowest BCUT2D eigenvalue weighted by atomic mass is 10.0. The molecule has 0 atom stereocenters. The topological polar surface area (TPSA) is 55.8 Å². The van der Waals surface area contributed by atoms with Crippen LogP contribution >= 0.6 is 0 Å². The van der Waals surface area contributed by atoms with E-state index in [0.29, 0.717) is 0 Å². The Morgan fingerprint density at radius 3 is 2.21 bits per heavy atom. The van der Waals surface area contributed by atoms with E-state index in [9.17, 15) is 9.59 Å². The van der Waals surface area contributed by atoms with Crippen LogP contribution in [0, 0.1) is 6.92 Å². The van der Waals surface area contributed by atoms with Crippen molar-refractivity contribution >= 4 is 17.6 Å². The van der Waals surface area contributed by atoms with Gasteiger partial charge in [0.05, 0.1) is 19.8 Å². The minimum atomic E-state index is -0.626. The largest absolute Gasteiger partial charge is 0.465 e. The fourth-order valence-electron chi connectivity index (χ4n) is 3.00. The first-order valence-electron chi connectivity index (χ1n) is 8.77. The number of carbonyl (C=O) groups is 2. The summed E-state index contributed by atoms with van der Waals surface area (Å²) in [5.41, 5.74) is 4.30. The number of methoxy groups -OCH3 is 2. The van der Waals surface area contributed by atoms with Crippen LogP contribution < -0.4 is 4.90 Å². The second-order valence-electron chi connectivity index (χ2n) is 6.23. The van der Waals surface area contributed by atoms with E-state index in [1.807, 2.05) is 36.4 Å². The van der Waals surface area contributed by atoms with Gasteiger partial charge in [0, 0.05) is 11.9 Å². The third-order valence-corrected chi connectivity index (χ3v) is 4.39. The fourth-order valence-corrected chi connectivity index (χ4v) is 3.00. The smallest absolute Gasteiger partial charge is 0.355 e. The van der Waals surface area contributed by atoms with Crippen LogP contribution in [-0.2, 0) is 19.1 Å². The number of hydrogen-bond donors (Lipinski definition) is 0. The second kappa shape index (κ2) is 8.39. The molecule has 0 fully saturated rings. The molecule has 0 N–H and O–H groups in total. The highest BCUT2D eigenvalue weighted by Gasteiger charge is 2.27. The lowest BCUT2D eigenvalue weighted by Crippen LogP contribution is -2.26. The Morgan fingerprint density at radius 1 is 0.857 bits per heavy atom. The fraction of sp³-hybridized carbons (Fsp3) is 0.130. The van der Waals surface area contributed by atoms with Gasteiger partial charge in [-0.15, -0.1) is 0 Å². The van der Waals surface area contributed by atoms with E-state index in [-0.39, 0.29) is 11.3 Å². The van der Waals surface area contributed by atoms with Gasteiger partial charge in [0.25, 0.3) is 0 Å². The minimum absolute atomic E-state index is 0.0997. The number of ether oxygens (including phenoxy) is 2. The quantitative estimate of drug-likeness (QED) is 0.752. The Bertz CT molecular complexity index is 984. The molecule has 0 aliphatic carbocycles. The summed E-state index contributed by atoms with van der Waals surface area (Å²) in [6.45, 7) is 2.05. The molecule has 2 aromatic rings. The summed E-state index contributed by atoms with van der Waals surface area (Å²) in [6.07, 6.45) is 6.67. The van der Waals surface area contributed by atoms with Gasteiger partial charge in [0.2, 0.25) is 0 Å². The Morgan fingerprint density at radius 2 is 1.57 bits per heavy atom. The highest BCUT2D eigenvalue weighted by molar-refractivity contribution is 6.05. The maximum absolute atomic E-state index is 12.5. The van der Waals surface area contributed by atoms with Crippen molar-refractivity contribution in [3.63, 3.8) is 0 Å². The summed E-state index contributed by atoms with van der Waals surface area (Å²) < 4.78 is 9.75. The molecule has 0 unspecified atom stereocenters. The van der Waals surface area contributed by atoms with Crippen molar-refractivity contribution in [2.75, 3.05) is 19.1 Å². The first-order chi connectivity index (χ1) is 13.5. The average molecular weight is 375 g/mol. The van der Waals surface area contributed by atoms with Gasteiger partial charge in [-0.1, -0.05) is 48.0 Å². The average Bonchev–Trinajstić information content (AvgIpc) is 2.95. The summed E-state index contributed by atoms with van der Waals surface area (Å²) in [5, 5.41) is 0. The van der Waals surface area contributed by atoms with Crippen molar-refractivity contribution in [1.29, 1.82) is 0 Å². The number of aryl methyl sites for hydroxylation is 1. The van der Waals surface area contributed by atoms with Crippen LogP contribution in [0.2, 0.25) is 0 Å². The molecule has 0 radical (unpaired) electrons. The van der Waals surface area contributed by atoms with Crippen LogP contribution in [0.5, 0.6) is 0 Å². The third-order valence-electron chi connectivity index (χ3n) is 4.39. The van der Waals surface area contributed by atoms with Gasteiger partial charge in [0.1, 0.15) is 5.70 Å². The predicted molar refractivity (Wildman–Crippen MR) is 108 cm³/mol. The van der Waals surface area contributed by atoms with Crippen LogP contribution in [0.25, 0.3) is 11.1 Å². The van der Waals surface area contributed by atoms with Crippen molar-refractivity contribution < 1.29 is 19.1 Å². The van der Waals surface area contributed by atoms with E-state index in [1.54, 1.807) is 23.3 Å². The third kappa shape index (κ3) is 3.88. The van der Waals surface area contributed by atoms with Crippen molar-refractivity contribution in [3.8, 4) is 11.1 Å². The molecule has 5 heteroatoms. The van der Waals surface area contributed by atoms with Gasteiger partial charge < -0.3 is 14.4 Å². The number of carbonyl (C=O) groups excluding carboxylic acids is 2. The number of nitrogens with zero attached hydrogens (tertiary/aromatic N) is 1. The van der Waals surface area contributed by atoms with E-state index in [2.05, 4.69) is 19.1 Å². The molecule has 0 bridgehead atoms. The summed E-state index contributed by atoms with van der Waals surface area (Å²) in [5.74, 6) is -1.24. The molecular weight excluding hydrogens is 354 g/mol. The monoisotopic (exact) mass is 375 g/mol. The van der Waals surface area contributed by atoms with Gasteiger partial charge >= 0.3 is 11.9 Å². The molecular formula is C23H21NO4. The Hall–Kier alpha value is -3.60. The van der Waals surface area contributed by atoms with E-state index in [4.69, 9.17) is 9.47 Å². The van der Waals surface area contributed by atoms with Crippen molar-refractivity contribution in [1.82, 2.24) is 0 Å². The number of rotatable bonds is 4. The van der Waals surface area contributed by atoms with Crippen LogP contribution in [0.3, 0.4) is 0 Å². The molecule has 0 saturated carbocycles. The number of allylic oxidation sites excluding steroid dienone is 2. The molecule has 1 aliphatic rings. The summed E-state index contributed by atoms with van der Waals surface area (Å²) in [4.78, 5) is 26.3. The molecule has 5 nitrogen and oxygen atoms in total. The Kier molecular flexibility index (Phi) is 5.75. The normalized spacial score (nSPS) is 13.3. The number of hydrogen-bond acceptors (Lipinski definition) is 5. The SMILES string of the molecule is COC(=O)C1=C(C(=O)OC)N(c2ccc(-c3cccc(C)c3)cc2)C=CC=C1. The number of benzene rings is 2. The lowest BCUT2D eigenvalue weighted by molar-refractivity contribution is -0.139. The van der Waals surface area contributed by atoms with Crippen LogP contribution in [0.15, 0.2) is 84.2 Å². The zero-order valence-corrected chi connectivity index (χ0v) is 16.0. The van der Waals surface area contributed by atoms with Gasteiger partial charge in [0.15, 0.2) is 0 Å². The zero-order valence-electron chi connectivity index (χ0n) is 16.0. The van der Waals surface area contributed by atoms with Crippen molar-refractivity contribution in [2.45, 2.75) is 6.92 Å². The molecule has 0 amide bonds. The molecule has 0 aromatic heterocycles. The van der Waals surface area contributed by atoms with Crippen LogP contribution in [0.1, 0.15) is 5.56 Å². The molecule has 2 aromatic carbocycles. The van der Waals surface area contributed by atoms with E-state index < -0.39 is 11.9 Å². The first kappa shape index (κ1) is 19.2. The predicted octanol–water partition coefficient (Wildman–Crippen LogP) is 4.15. The maximum Gasteiger partial charge on any atom is 0.355 e. The standard InChI is InChI=1S/C23H21NO4/c1-16-7-6-8-18(15-16)17-10-12-19(13-11-17)24-14-5-4-9-20(22(25)27-2)21(24)23(26)28-3/h4-15H,1-3H3. The first-order valence-corrected chi connectivity index (χ1v) is 8.77. The molecule has 142 valence electrons. The summed E-state index contributed by atoms with van der Waals surface area (Å²) >= 11 is 0. The second-order valence-corrected chi connectivity index (χ2v) is 6.23. The molecule has 3 rings (SSSR count). The van der Waals surface area contributed by atoms with Crippen molar-refractivity contribution in [3.05, 3.63) is 89.8 Å². The molecule has 1 aliphatic heterocycles. The summed E-state index contributed by atoms with van der Waals surface area (Å²) in [6, 6.07) is 16.0. The van der Waals surface area contributed by atoms with Gasteiger partial charge in [-0.05, 0) is 42.3 Å². The summed E-state index contributed by atoms with van der Waals surface area (Å²) in [7, 11) is 2.55. The Balaban J connectivity index is 2.05. The highest BCUT2D eigenvalue weighted by Crippen LogP contribution is 2.29. The van der Waals surface area contributed by atoms with E-state index in [1.165, 1.54) is 25.9 Å². The van der Waals surface area contributed by atoms with E-state index in [0.717, 1.165) is 16.8 Å². The molecule has 0 spiro atoms. The maximum atomic E-state index is 12.5.